The summed E-state index contributed by atoms with van der Waals surface area (Å²) in [6.07, 6.45) is -0.870. The van der Waals surface area contributed by atoms with Crippen LogP contribution in [-0.4, -0.2) is 14.7 Å². The third kappa shape index (κ3) is 2.75. The Kier molecular flexibility index (Phi) is 4.19. The second-order valence-corrected chi connectivity index (χ2v) is 6.09. The molecule has 1 unspecified atom stereocenters. The van der Waals surface area contributed by atoms with Gasteiger partial charge in [0.15, 0.2) is 0 Å². The number of rotatable bonds is 3. The van der Waals surface area contributed by atoms with Gasteiger partial charge in [-0.25, -0.2) is 4.98 Å². The van der Waals surface area contributed by atoms with Crippen LogP contribution in [0.3, 0.4) is 0 Å². The lowest BCUT2D eigenvalue weighted by Crippen LogP contribution is -2.11. The van der Waals surface area contributed by atoms with Crippen molar-refractivity contribution in [3.8, 4) is 0 Å². The van der Waals surface area contributed by atoms with Crippen LogP contribution in [0, 0.1) is 0 Å². The molecule has 0 saturated heterocycles. The zero-order valence-electron chi connectivity index (χ0n) is 11.3. The number of aromatic nitrogens is 2. The summed E-state index contributed by atoms with van der Waals surface area (Å²) in [6, 6.07) is 10.4. The van der Waals surface area contributed by atoms with Crippen molar-refractivity contribution in [2.75, 3.05) is 5.73 Å². The molecule has 0 radical (unpaired) electrons. The fourth-order valence-electron chi connectivity index (χ4n) is 2.36. The average molecular weight is 357 g/mol. The van der Waals surface area contributed by atoms with Gasteiger partial charge in [-0.05, 0) is 24.3 Å². The summed E-state index contributed by atoms with van der Waals surface area (Å²) in [5.41, 5.74) is 7.94. The number of benzene rings is 2. The molecule has 3 rings (SSSR count). The van der Waals surface area contributed by atoms with Gasteiger partial charge in [0.2, 0.25) is 5.95 Å². The molecule has 114 valence electrons. The fraction of sp³-hybridized carbons (Fsp3) is 0.133. The highest BCUT2D eigenvalue weighted by atomic mass is 35.5. The number of aliphatic hydroxyl groups excluding tert-OH is 1. The SMILES string of the molecule is Nc1nc2ccc(Cl)cc2n1CC(O)c1cccc(Cl)c1Cl. The zero-order chi connectivity index (χ0) is 15.9. The number of nitrogens with two attached hydrogens (primary N) is 1. The van der Waals surface area contributed by atoms with Crippen molar-refractivity contribution < 1.29 is 5.11 Å². The molecule has 7 heteroatoms. The lowest BCUT2D eigenvalue weighted by molar-refractivity contribution is 0.159. The van der Waals surface area contributed by atoms with Gasteiger partial charge in [-0.15, -0.1) is 0 Å². The van der Waals surface area contributed by atoms with Crippen LogP contribution in [0.5, 0.6) is 0 Å². The minimum atomic E-state index is -0.870. The predicted octanol–water partition coefficient (Wildman–Crippen LogP) is 4.31. The molecule has 0 aliphatic rings. The van der Waals surface area contributed by atoms with E-state index >= 15 is 0 Å². The van der Waals surface area contributed by atoms with Crippen LogP contribution in [0.25, 0.3) is 11.0 Å². The van der Waals surface area contributed by atoms with Crippen molar-refractivity contribution in [3.63, 3.8) is 0 Å². The second kappa shape index (κ2) is 5.97. The Morgan fingerprint density at radius 1 is 1.18 bits per heavy atom. The molecule has 1 heterocycles. The van der Waals surface area contributed by atoms with Gasteiger partial charge in [-0.1, -0.05) is 46.9 Å². The molecule has 0 aliphatic heterocycles. The van der Waals surface area contributed by atoms with Crippen LogP contribution in [0.4, 0.5) is 5.95 Å². The van der Waals surface area contributed by atoms with Crippen LogP contribution in [0.2, 0.25) is 15.1 Å². The van der Waals surface area contributed by atoms with Crippen molar-refractivity contribution in [3.05, 3.63) is 57.0 Å². The van der Waals surface area contributed by atoms with Gasteiger partial charge in [0.25, 0.3) is 0 Å². The molecule has 3 aromatic rings. The van der Waals surface area contributed by atoms with Gasteiger partial charge >= 0.3 is 0 Å². The third-order valence-electron chi connectivity index (χ3n) is 3.44. The first-order valence-electron chi connectivity index (χ1n) is 6.50. The second-order valence-electron chi connectivity index (χ2n) is 4.87. The maximum absolute atomic E-state index is 10.5. The Morgan fingerprint density at radius 3 is 2.73 bits per heavy atom. The number of hydrogen-bond acceptors (Lipinski definition) is 3. The van der Waals surface area contributed by atoms with E-state index in [0.29, 0.717) is 32.1 Å². The Labute approximate surface area is 142 Å². The molecule has 0 bridgehead atoms. The lowest BCUT2D eigenvalue weighted by atomic mass is 10.1. The molecule has 0 aliphatic carbocycles. The van der Waals surface area contributed by atoms with Crippen molar-refractivity contribution in [2.45, 2.75) is 12.6 Å². The molecule has 2 aromatic carbocycles. The van der Waals surface area contributed by atoms with Crippen LogP contribution in [0.1, 0.15) is 11.7 Å². The third-order valence-corrected chi connectivity index (χ3v) is 4.50. The van der Waals surface area contributed by atoms with Crippen molar-refractivity contribution in [1.29, 1.82) is 0 Å². The molecule has 1 atom stereocenters. The smallest absolute Gasteiger partial charge is 0.201 e. The Hall–Kier alpha value is -1.46. The Bertz CT molecular complexity index is 847. The van der Waals surface area contributed by atoms with Crippen molar-refractivity contribution in [1.82, 2.24) is 9.55 Å². The summed E-state index contributed by atoms with van der Waals surface area (Å²) in [5, 5.41) is 11.8. The quantitative estimate of drug-likeness (QED) is 0.735. The van der Waals surface area contributed by atoms with E-state index in [1.807, 2.05) is 0 Å². The molecular formula is C15H12Cl3N3O. The van der Waals surface area contributed by atoms with Crippen molar-refractivity contribution in [2.24, 2.45) is 0 Å². The monoisotopic (exact) mass is 355 g/mol. The zero-order valence-corrected chi connectivity index (χ0v) is 13.6. The van der Waals surface area contributed by atoms with Gasteiger partial charge < -0.3 is 15.4 Å². The highest BCUT2D eigenvalue weighted by molar-refractivity contribution is 6.42. The van der Waals surface area contributed by atoms with Gasteiger partial charge in [0.05, 0.1) is 33.7 Å². The van der Waals surface area contributed by atoms with Gasteiger partial charge in [-0.3, -0.25) is 0 Å². The van der Waals surface area contributed by atoms with Gasteiger partial charge in [0.1, 0.15) is 0 Å². The van der Waals surface area contributed by atoms with E-state index < -0.39 is 6.10 Å². The minimum Gasteiger partial charge on any atom is -0.386 e. The number of aliphatic hydroxyl groups is 1. The van der Waals surface area contributed by atoms with E-state index in [9.17, 15) is 5.11 Å². The van der Waals surface area contributed by atoms with E-state index in [2.05, 4.69) is 4.98 Å². The van der Waals surface area contributed by atoms with Crippen LogP contribution < -0.4 is 5.73 Å². The summed E-state index contributed by atoms with van der Waals surface area (Å²) < 4.78 is 1.70. The van der Waals surface area contributed by atoms with Crippen LogP contribution in [0.15, 0.2) is 36.4 Å². The predicted molar refractivity (Wildman–Crippen MR) is 90.6 cm³/mol. The number of hydrogen-bond donors (Lipinski definition) is 2. The largest absolute Gasteiger partial charge is 0.386 e. The molecule has 3 N–H and O–H groups in total. The molecule has 0 fully saturated rings. The lowest BCUT2D eigenvalue weighted by Gasteiger charge is -2.15. The summed E-state index contributed by atoms with van der Waals surface area (Å²) >= 11 is 18.1. The number of nitrogens with zero attached hydrogens (tertiary/aromatic N) is 2. The van der Waals surface area contributed by atoms with E-state index in [-0.39, 0.29) is 6.54 Å². The molecule has 0 spiro atoms. The summed E-state index contributed by atoms with van der Waals surface area (Å²) in [7, 11) is 0. The first-order chi connectivity index (χ1) is 10.5. The summed E-state index contributed by atoms with van der Waals surface area (Å²) in [6.45, 7) is 0.197. The van der Waals surface area contributed by atoms with E-state index in [1.165, 1.54) is 0 Å². The maximum atomic E-state index is 10.5. The van der Waals surface area contributed by atoms with Crippen molar-refractivity contribution >= 4 is 51.8 Å². The topological polar surface area (TPSA) is 64.1 Å². The Balaban J connectivity index is 2.01. The molecule has 1 aromatic heterocycles. The van der Waals surface area contributed by atoms with E-state index in [4.69, 9.17) is 40.5 Å². The van der Waals surface area contributed by atoms with E-state index in [1.54, 1.807) is 41.0 Å². The molecule has 4 nitrogen and oxygen atoms in total. The maximum Gasteiger partial charge on any atom is 0.201 e. The first-order valence-corrected chi connectivity index (χ1v) is 7.64. The van der Waals surface area contributed by atoms with E-state index in [0.717, 1.165) is 5.52 Å². The fourth-order valence-corrected chi connectivity index (χ4v) is 2.96. The molecular weight excluding hydrogens is 345 g/mol. The number of fused-ring (bicyclic) bond motifs is 1. The minimum absolute atomic E-state index is 0.197. The van der Waals surface area contributed by atoms with Crippen LogP contribution in [-0.2, 0) is 6.54 Å². The van der Waals surface area contributed by atoms with Gasteiger partial charge in [-0.2, -0.15) is 0 Å². The molecule has 22 heavy (non-hydrogen) atoms. The number of imidazole rings is 1. The number of halogens is 3. The van der Waals surface area contributed by atoms with Crippen LogP contribution >= 0.6 is 34.8 Å². The highest BCUT2D eigenvalue weighted by Gasteiger charge is 2.17. The molecule has 0 saturated carbocycles. The summed E-state index contributed by atoms with van der Waals surface area (Å²) in [4.78, 5) is 4.25. The average Bonchev–Trinajstić information content (AvgIpc) is 2.78. The first kappa shape index (κ1) is 15.4. The number of anilines is 1. The van der Waals surface area contributed by atoms with Gasteiger partial charge in [0, 0.05) is 10.6 Å². The Morgan fingerprint density at radius 2 is 1.95 bits per heavy atom. The normalized spacial score (nSPS) is 12.7. The number of nitrogen functional groups attached to an aromatic ring is 1. The summed E-state index contributed by atoms with van der Waals surface area (Å²) in [5.74, 6) is 0.300. The molecule has 0 amide bonds. The standard InChI is InChI=1S/C15H12Cl3N3O/c16-8-4-5-11-12(6-8)21(15(19)20-11)7-13(22)9-2-1-3-10(17)14(9)18/h1-6,13,22H,7H2,(H2,19,20). The highest BCUT2D eigenvalue weighted by Crippen LogP contribution is 2.32.